The smallest absolute Gasteiger partial charge is 0.245 e. The summed E-state index contributed by atoms with van der Waals surface area (Å²) < 4.78 is 1.52. The van der Waals surface area contributed by atoms with Crippen molar-refractivity contribution in [3.63, 3.8) is 0 Å². The average molecular weight is 279 g/mol. The quantitative estimate of drug-likeness (QED) is 0.934. The molecule has 0 fully saturated rings. The predicted molar refractivity (Wildman–Crippen MR) is 72.7 cm³/mol. The van der Waals surface area contributed by atoms with E-state index in [1.54, 1.807) is 19.1 Å². The minimum atomic E-state index is -0.391. The Bertz CT molecular complexity index is 538. The first kappa shape index (κ1) is 13.5. The zero-order valence-corrected chi connectivity index (χ0v) is 11.5. The number of rotatable bonds is 4. The Hall–Kier alpha value is -1.88. The van der Waals surface area contributed by atoms with Crippen molar-refractivity contribution in [2.75, 3.05) is 0 Å². The molecule has 0 unspecified atom stereocenters. The van der Waals surface area contributed by atoms with Gasteiger partial charge >= 0.3 is 0 Å². The van der Waals surface area contributed by atoms with Crippen LogP contribution in [-0.4, -0.2) is 20.7 Å². The first-order chi connectivity index (χ1) is 9.08. The number of hydrogen-bond donors (Lipinski definition) is 1. The van der Waals surface area contributed by atoms with E-state index in [2.05, 4.69) is 15.4 Å². The van der Waals surface area contributed by atoms with Crippen LogP contribution in [0.1, 0.15) is 31.5 Å². The van der Waals surface area contributed by atoms with Crippen LogP contribution in [0.15, 0.2) is 36.9 Å². The van der Waals surface area contributed by atoms with Crippen molar-refractivity contribution in [1.82, 2.24) is 20.1 Å². The Morgan fingerprint density at radius 3 is 2.58 bits per heavy atom. The van der Waals surface area contributed by atoms with E-state index in [-0.39, 0.29) is 11.9 Å². The highest BCUT2D eigenvalue weighted by Gasteiger charge is 2.17. The Balaban J connectivity index is 2.00. The lowest BCUT2D eigenvalue weighted by Crippen LogP contribution is -2.33. The number of nitrogens with one attached hydrogen (secondary N) is 1. The molecule has 1 aromatic heterocycles. The van der Waals surface area contributed by atoms with Gasteiger partial charge in [-0.1, -0.05) is 23.7 Å². The molecule has 0 aliphatic carbocycles. The summed E-state index contributed by atoms with van der Waals surface area (Å²) >= 11 is 5.83. The number of halogens is 1. The molecule has 1 aromatic carbocycles. The van der Waals surface area contributed by atoms with E-state index in [4.69, 9.17) is 11.6 Å². The molecule has 0 aliphatic heterocycles. The van der Waals surface area contributed by atoms with Crippen molar-refractivity contribution in [3.8, 4) is 0 Å². The summed E-state index contributed by atoms with van der Waals surface area (Å²) in [6.07, 6.45) is 2.93. The summed E-state index contributed by atoms with van der Waals surface area (Å²) in [6.45, 7) is 3.70. The lowest BCUT2D eigenvalue weighted by molar-refractivity contribution is -0.124. The molecule has 5 nitrogen and oxygen atoms in total. The summed E-state index contributed by atoms with van der Waals surface area (Å²) in [5.74, 6) is -0.104. The molecular weight excluding hydrogens is 264 g/mol. The maximum Gasteiger partial charge on any atom is 0.245 e. The fourth-order valence-corrected chi connectivity index (χ4v) is 1.83. The van der Waals surface area contributed by atoms with Gasteiger partial charge in [-0.2, -0.15) is 5.10 Å². The highest BCUT2D eigenvalue weighted by Crippen LogP contribution is 2.16. The van der Waals surface area contributed by atoms with Crippen LogP contribution in [0.25, 0.3) is 0 Å². The molecule has 1 N–H and O–H groups in total. The Kier molecular flexibility index (Phi) is 4.16. The van der Waals surface area contributed by atoms with Crippen LogP contribution in [0.4, 0.5) is 0 Å². The van der Waals surface area contributed by atoms with Crippen molar-refractivity contribution in [3.05, 3.63) is 47.5 Å². The number of carbonyl (C=O) groups is 1. The third kappa shape index (κ3) is 3.32. The number of carbonyl (C=O) groups excluding carboxylic acids is 1. The predicted octanol–water partition coefficient (Wildman–Crippen LogP) is 2.37. The number of nitrogens with zero attached hydrogens (tertiary/aromatic N) is 3. The van der Waals surface area contributed by atoms with E-state index in [1.807, 2.05) is 19.1 Å². The van der Waals surface area contributed by atoms with Crippen LogP contribution in [-0.2, 0) is 4.79 Å². The van der Waals surface area contributed by atoms with Crippen LogP contribution in [0.5, 0.6) is 0 Å². The molecule has 19 heavy (non-hydrogen) atoms. The van der Waals surface area contributed by atoms with Gasteiger partial charge in [-0.3, -0.25) is 4.79 Å². The lowest BCUT2D eigenvalue weighted by atomic mass is 10.1. The maximum atomic E-state index is 12.1. The van der Waals surface area contributed by atoms with Gasteiger partial charge in [-0.25, -0.2) is 9.67 Å². The molecular formula is C13H15ClN4O. The van der Waals surface area contributed by atoms with Crippen molar-refractivity contribution in [2.45, 2.75) is 25.9 Å². The van der Waals surface area contributed by atoms with Gasteiger partial charge in [0.15, 0.2) is 0 Å². The SMILES string of the molecule is C[C@H](NC(=O)[C@@H](C)n1cncn1)c1ccc(Cl)cc1. The number of amides is 1. The molecule has 0 radical (unpaired) electrons. The zero-order valence-electron chi connectivity index (χ0n) is 10.7. The van der Waals surface area contributed by atoms with Crippen LogP contribution in [0.3, 0.4) is 0 Å². The van der Waals surface area contributed by atoms with Crippen molar-refractivity contribution in [2.24, 2.45) is 0 Å². The van der Waals surface area contributed by atoms with Gasteiger partial charge in [0.05, 0.1) is 6.04 Å². The monoisotopic (exact) mass is 278 g/mol. The van der Waals surface area contributed by atoms with E-state index < -0.39 is 6.04 Å². The largest absolute Gasteiger partial charge is 0.348 e. The Morgan fingerprint density at radius 1 is 1.32 bits per heavy atom. The molecule has 0 bridgehead atoms. The molecule has 1 amide bonds. The van der Waals surface area contributed by atoms with Gasteiger partial charge in [-0.05, 0) is 31.5 Å². The third-order valence-corrected chi connectivity index (χ3v) is 3.19. The van der Waals surface area contributed by atoms with E-state index >= 15 is 0 Å². The van der Waals surface area contributed by atoms with Gasteiger partial charge in [0.25, 0.3) is 0 Å². The lowest BCUT2D eigenvalue weighted by Gasteiger charge is -2.18. The first-order valence-electron chi connectivity index (χ1n) is 5.98. The molecule has 0 saturated heterocycles. The summed E-state index contributed by atoms with van der Waals surface area (Å²) in [4.78, 5) is 15.9. The second-order valence-electron chi connectivity index (χ2n) is 4.33. The first-order valence-corrected chi connectivity index (χ1v) is 6.35. The van der Waals surface area contributed by atoms with Crippen LogP contribution >= 0.6 is 11.6 Å². The van der Waals surface area contributed by atoms with Crippen molar-refractivity contribution >= 4 is 17.5 Å². The van der Waals surface area contributed by atoms with E-state index in [0.717, 1.165) is 5.56 Å². The Morgan fingerprint density at radius 2 is 2.00 bits per heavy atom. The van der Waals surface area contributed by atoms with Gasteiger partial charge in [0.1, 0.15) is 18.7 Å². The minimum Gasteiger partial charge on any atom is -0.348 e. The molecule has 1 heterocycles. The molecule has 6 heteroatoms. The molecule has 2 rings (SSSR count). The van der Waals surface area contributed by atoms with Gasteiger partial charge in [-0.15, -0.1) is 0 Å². The van der Waals surface area contributed by atoms with Gasteiger partial charge in [0.2, 0.25) is 5.91 Å². The standard InChI is InChI=1S/C13H15ClN4O/c1-9(11-3-5-12(14)6-4-11)17-13(19)10(2)18-8-15-7-16-18/h3-10H,1-2H3,(H,17,19)/t9-,10+/m0/s1. The molecule has 0 spiro atoms. The number of benzene rings is 1. The zero-order chi connectivity index (χ0) is 13.8. The highest BCUT2D eigenvalue weighted by molar-refractivity contribution is 6.30. The third-order valence-electron chi connectivity index (χ3n) is 2.94. The normalized spacial score (nSPS) is 13.8. The van der Waals surface area contributed by atoms with Gasteiger partial charge in [0, 0.05) is 5.02 Å². The summed E-state index contributed by atoms with van der Waals surface area (Å²) in [7, 11) is 0. The van der Waals surface area contributed by atoms with Crippen LogP contribution in [0, 0.1) is 0 Å². The summed E-state index contributed by atoms with van der Waals surface area (Å²) in [6, 6.07) is 6.93. The van der Waals surface area contributed by atoms with E-state index in [1.165, 1.54) is 17.3 Å². The molecule has 0 saturated carbocycles. The van der Waals surface area contributed by atoms with Gasteiger partial charge < -0.3 is 5.32 Å². The molecule has 2 atom stereocenters. The second-order valence-corrected chi connectivity index (χ2v) is 4.77. The average Bonchev–Trinajstić information content (AvgIpc) is 2.92. The number of hydrogen-bond acceptors (Lipinski definition) is 3. The van der Waals surface area contributed by atoms with E-state index in [0.29, 0.717) is 5.02 Å². The number of aromatic nitrogens is 3. The molecule has 100 valence electrons. The molecule has 2 aromatic rings. The molecule has 0 aliphatic rings. The second kappa shape index (κ2) is 5.84. The Labute approximate surface area is 116 Å². The van der Waals surface area contributed by atoms with Crippen LogP contribution in [0.2, 0.25) is 5.02 Å². The highest BCUT2D eigenvalue weighted by atomic mass is 35.5. The van der Waals surface area contributed by atoms with E-state index in [9.17, 15) is 4.79 Å². The summed E-state index contributed by atoms with van der Waals surface area (Å²) in [5, 5.41) is 7.57. The summed E-state index contributed by atoms with van der Waals surface area (Å²) in [5.41, 5.74) is 1.00. The topological polar surface area (TPSA) is 59.8 Å². The van der Waals surface area contributed by atoms with Crippen LogP contribution < -0.4 is 5.32 Å². The minimum absolute atomic E-state index is 0.0873. The fraction of sp³-hybridized carbons (Fsp3) is 0.308. The van der Waals surface area contributed by atoms with Crippen molar-refractivity contribution < 1.29 is 4.79 Å². The van der Waals surface area contributed by atoms with Crippen molar-refractivity contribution in [1.29, 1.82) is 0 Å². The maximum absolute atomic E-state index is 12.1. The fourth-order valence-electron chi connectivity index (χ4n) is 1.71.